The molecule has 1 aliphatic rings. The Morgan fingerprint density at radius 1 is 1.24 bits per heavy atom. The maximum atomic E-state index is 12.4. The fraction of sp³-hybridized carbons (Fsp3) is 0.652. The smallest absolute Gasteiger partial charge is 0.413 e. The predicted octanol–water partition coefficient (Wildman–Crippen LogP) is 4.13. The van der Waals surface area contributed by atoms with E-state index in [1.165, 1.54) is 18.4 Å². The Balaban J connectivity index is 2.14. The van der Waals surface area contributed by atoms with Crippen LogP contribution in [-0.4, -0.2) is 49.7 Å². The van der Waals surface area contributed by atoms with E-state index < -0.39 is 18.1 Å². The van der Waals surface area contributed by atoms with Crippen LogP contribution in [0.25, 0.3) is 0 Å². The number of benzene rings is 1. The van der Waals surface area contributed by atoms with Crippen LogP contribution in [0.5, 0.6) is 5.75 Å². The van der Waals surface area contributed by atoms with Gasteiger partial charge in [-0.15, -0.1) is 0 Å². The molecule has 1 N–H and O–H groups in total. The molecule has 0 saturated carbocycles. The molecule has 29 heavy (non-hydrogen) atoms. The third kappa shape index (κ3) is 6.20. The summed E-state index contributed by atoms with van der Waals surface area (Å²) in [4.78, 5) is 26.9. The highest BCUT2D eigenvalue weighted by atomic mass is 16.6. The fourth-order valence-corrected chi connectivity index (χ4v) is 4.13. The van der Waals surface area contributed by atoms with Gasteiger partial charge >= 0.3 is 12.1 Å². The number of esters is 1. The van der Waals surface area contributed by atoms with Crippen molar-refractivity contribution in [2.24, 2.45) is 5.92 Å². The first kappa shape index (κ1) is 23.2. The number of likely N-dealkylation sites (N-methyl/N-ethyl adjacent to an activating group) is 1. The van der Waals surface area contributed by atoms with Crippen molar-refractivity contribution in [3.63, 3.8) is 0 Å². The molecule has 0 spiro atoms. The molecule has 1 fully saturated rings. The normalized spacial score (nSPS) is 21.3. The summed E-state index contributed by atoms with van der Waals surface area (Å²) in [5, 5.41) is 2.65. The van der Waals surface area contributed by atoms with Crippen molar-refractivity contribution in [3.05, 3.63) is 29.8 Å². The number of likely N-dealkylation sites (tertiary alicyclic amines) is 1. The molecule has 6 nitrogen and oxygen atoms in total. The molecular formula is C23H36N2O4. The van der Waals surface area contributed by atoms with Gasteiger partial charge in [-0.25, -0.2) is 9.59 Å². The summed E-state index contributed by atoms with van der Waals surface area (Å²) in [6.07, 6.45) is 3.92. The van der Waals surface area contributed by atoms with Crippen molar-refractivity contribution in [1.29, 1.82) is 0 Å². The highest BCUT2D eigenvalue weighted by molar-refractivity contribution is 5.82. The lowest BCUT2D eigenvalue weighted by atomic mass is 9.74. The molecule has 1 amide bonds. The molecule has 1 unspecified atom stereocenters. The third-order valence-corrected chi connectivity index (χ3v) is 5.83. The van der Waals surface area contributed by atoms with Crippen LogP contribution in [0.2, 0.25) is 0 Å². The van der Waals surface area contributed by atoms with Crippen molar-refractivity contribution < 1.29 is 19.1 Å². The van der Waals surface area contributed by atoms with Crippen molar-refractivity contribution in [3.8, 4) is 5.75 Å². The minimum absolute atomic E-state index is 0.0620. The summed E-state index contributed by atoms with van der Waals surface area (Å²) in [6, 6.07) is 7.08. The molecule has 6 heteroatoms. The van der Waals surface area contributed by atoms with Gasteiger partial charge in [0.25, 0.3) is 0 Å². The Labute approximate surface area is 174 Å². The van der Waals surface area contributed by atoms with Crippen LogP contribution >= 0.6 is 0 Å². The van der Waals surface area contributed by atoms with E-state index in [0.717, 1.165) is 25.9 Å². The van der Waals surface area contributed by atoms with Crippen LogP contribution in [0.4, 0.5) is 4.79 Å². The summed E-state index contributed by atoms with van der Waals surface area (Å²) < 4.78 is 10.6. The van der Waals surface area contributed by atoms with E-state index in [4.69, 9.17) is 9.47 Å². The number of hydrogen-bond donors (Lipinski definition) is 1. The van der Waals surface area contributed by atoms with E-state index in [9.17, 15) is 9.59 Å². The number of rotatable bonds is 7. The van der Waals surface area contributed by atoms with Gasteiger partial charge in [-0.1, -0.05) is 39.3 Å². The maximum Gasteiger partial charge on any atom is 0.413 e. The van der Waals surface area contributed by atoms with Gasteiger partial charge in [0.1, 0.15) is 11.8 Å². The molecule has 1 saturated heterocycles. The second kappa shape index (κ2) is 10.6. The number of carbonyl (C=O) groups is 2. The topological polar surface area (TPSA) is 67.9 Å². The number of ether oxygens (including phenoxy) is 2. The predicted molar refractivity (Wildman–Crippen MR) is 114 cm³/mol. The lowest BCUT2D eigenvalue weighted by Gasteiger charge is -2.35. The average Bonchev–Trinajstić information content (AvgIpc) is 2.88. The van der Waals surface area contributed by atoms with Gasteiger partial charge in [0, 0.05) is 12.0 Å². The van der Waals surface area contributed by atoms with Crippen molar-refractivity contribution in [2.45, 2.75) is 64.8 Å². The molecule has 2 atom stereocenters. The van der Waals surface area contributed by atoms with Crippen LogP contribution < -0.4 is 10.1 Å². The monoisotopic (exact) mass is 404 g/mol. The maximum absolute atomic E-state index is 12.4. The van der Waals surface area contributed by atoms with Crippen LogP contribution in [0.3, 0.4) is 0 Å². The number of nitrogens with zero attached hydrogens (tertiary/aromatic N) is 1. The van der Waals surface area contributed by atoms with Gasteiger partial charge in [-0.3, -0.25) is 0 Å². The van der Waals surface area contributed by atoms with E-state index in [1.807, 2.05) is 26.0 Å². The lowest BCUT2D eigenvalue weighted by molar-refractivity contribution is -0.146. The number of hydrogen-bond acceptors (Lipinski definition) is 5. The highest BCUT2D eigenvalue weighted by Gasteiger charge is 2.33. The van der Waals surface area contributed by atoms with Crippen molar-refractivity contribution in [1.82, 2.24) is 10.2 Å². The zero-order chi connectivity index (χ0) is 21.4. The van der Waals surface area contributed by atoms with E-state index >= 15 is 0 Å². The third-order valence-electron chi connectivity index (χ3n) is 5.83. The molecule has 1 aromatic rings. The summed E-state index contributed by atoms with van der Waals surface area (Å²) in [7, 11) is 2.17. The van der Waals surface area contributed by atoms with Gasteiger partial charge in [0.2, 0.25) is 0 Å². The highest BCUT2D eigenvalue weighted by Crippen LogP contribution is 2.37. The first-order valence-electron chi connectivity index (χ1n) is 10.8. The zero-order valence-electron chi connectivity index (χ0n) is 18.5. The first-order chi connectivity index (χ1) is 13.8. The standard InChI is InChI=1S/C23H36N2O4/c1-6-23(13-8-9-14-25(5)16-23)18-11-10-12-19(15-18)29-22(27)24-20(17(3)4)21(26)28-7-2/h10-12,15,17,20H,6-9,13-14,16H2,1-5H3,(H,24,27)/t20-,23?/m0/s1. The molecule has 0 aromatic heterocycles. The van der Waals surface area contributed by atoms with Gasteiger partial charge in [0.05, 0.1) is 6.61 Å². The van der Waals surface area contributed by atoms with E-state index in [-0.39, 0.29) is 17.9 Å². The van der Waals surface area contributed by atoms with Crippen LogP contribution in [0, 0.1) is 5.92 Å². The number of amides is 1. The Bertz CT molecular complexity index is 691. The van der Waals surface area contributed by atoms with Crippen molar-refractivity contribution >= 4 is 12.1 Å². The number of carbonyl (C=O) groups excluding carboxylic acids is 2. The van der Waals surface area contributed by atoms with Crippen LogP contribution in [0.15, 0.2) is 24.3 Å². The zero-order valence-corrected chi connectivity index (χ0v) is 18.5. The molecule has 2 rings (SSSR count). The van der Waals surface area contributed by atoms with Gasteiger partial charge in [-0.05, 0) is 63.4 Å². The van der Waals surface area contributed by atoms with E-state index in [2.05, 4.69) is 30.3 Å². The SMILES string of the molecule is CCOC(=O)[C@@H](NC(=O)Oc1cccc(C2(CC)CCCCN(C)C2)c1)C(C)C. The van der Waals surface area contributed by atoms with Crippen LogP contribution in [-0.2, 0) is 14.9 Å². The van der Waals surface area contributed by atoms with Gasteiger partial charge in [0.15, 0.2) is 0 Å². The minimum atomic E-state index is -0.733. The number of nitrogens with one attached hydrogen (secondary N) is 1. The average molecular weight is 405 g/mol. The second-order valence-corrected chi connectivity index (χ2v) is 8.36. The lowest BCUT2D eigenvalue weighted by Crippen LogP contribution is -2.46. The molecule has 0 radical (unpaired) electrons. The largest absolute Gasteiger partial charge is 0.464 e. The summed E-state index contributed by atoms with van der Waals surface area (Å²) in [6.45, 7) is 10.1. The summed E-state index contributed by atoms with van der Waals surface area (Å²) in [5.41, 5.74) is 1.26. The van der Waals surface area contributed by atoms with Gasteiger partial charge in [-0.2, -0.15) is 0 Å². The Morgan fingerprint density at radius 3 is 2.66 bits per heavy atom. The van der Waals surface area contributed by atoms with E-state index in [0.29, 0.717) is 5.75 Å². The molecule has 0 bridgehead atoms. The van der Waals surface area contributed by atoms with Crippen LogP contribution in [0.1, 0.15) is 58.9 Å². The molecule has 1 aliphatic heterocycles. The first-order valence-corrected chi connectivity index (χ1v) is 10.8. The van der Waals surface area contributed by atoms with Crippen molar-refractivity contribution in [2.75, 3.05) is 26.7 Å². The molecular weight excluding hydrogens is 368 g/mol. The molecule has 0 aliphatic carbocycles. The molecule has 1 heterocycles. The second-order valence-electron chi connectivity index (χ2n) is 8.36. The quantitative estimate of drug-likeness (QED) is 0.692. The molecule has 162 valence electrons. The van der Waals surface area contributed by atoms with E-state index in [1.54, 1.807) is 13.0 Å². The molecule has 1 aromatic carbocycles. The van der Waals surface area contributed by atoms with Gasteiger partial charge < -0.3 is 19.7 Å². The Kier molecular flexibility index (Phi) is 8.50. The fourth-order valence-electron chi connectivity index (χ4n) is 4.13. The summed E-state index contributed by atoms with van der Waals surface area (Å²) in [5.74, 6) is -0.0523. The minimum Gasteiger partial charge on any atom is -0.464 e. The Hall–Kier alpha value is -2.08. The summed E-state index contributed by atoms with van der Waals surface area (Å²) >= 11 is 0. The Morgan fingerprint density at radius 2 is 2.00 bits per heavy atom.